The van der Waals surface area contributed by atoms with Crippen molar-refractivity contribution in [3.05, 3.63) is 32.4 Å². The van der Waals surface area contributed by atoms with E-state index in [1.54, 1.807) is 20.2 Å². The summed E-state index contributed by atoms with van der Waals surface area (Å²) in [6, 6.07) is 0. The molecular weight excluding hydrogens is 292 g/mol. The lowest BCUT2D eigenvalue weighted by Crippen LogP contribution is -2.29. The van der Waals surface area contributed by atoms with Crippen molar-refractivity contribution in [2.75, 3.05) is 17.7 Å². The quantitative estimate of drug-likeness (QED) is 0.645. The third kappa shape index (κ3) is 3.07. The van der Waals surface area contributed by atoms with E-state index in [9.17, 15) is 10.1 Å². The van der Waals surface area contributed by atoms with Crippen molar-refractivity contribution in [2.45, 2.75) is 26.3 Å². The first-order chi connectivity index (χ1) is 9.85. The molecule has 0 unspecified atom stereocenters. The van der Waals surface area contributed by atoms with E-state index in [2.05, 4.69) is 25.6 Å². The zero-order valence-electron chi connectivity index (χ0n) is 12.2. The third-order valence-electron chi connectivity index (χ3n) is 2.86. The first-order valence-electron chi connectivity index (χ1n) is 6.24. The average molecular weight is 308 g/mol. The highest BCUT2D eigenvalue weighted by atomic mass is 32.1. The Morgan fingerprint density at radius 3 is 2.62 bits per heavy atom. The van der Waals surface area contributed by atoms with Crippen LogP contribution in [-0.4, -0.2) is 26.9 Å². The van der Waals surface area contributed by atoms with Crippen LogP contribution in [0.3, 0.4) is 0 Å². The molecule has 0 aromatic carbocycles. The number of aryl methyl sites for hydroxylation is 1. The lowest BCUT2D eigenvalue weighted by Gasteiger charge is -2.24. The standard InChI is InChI=1S/C12H16N6O2S/c1-7-8(18(19)20)9(16-11(13-4)15-7)17-12(2,3)10-14-5-6-21-10/h5-6H,1-4H3,(H2,13,15,16,17). The van der Waals surface area contributed by atoms with Crippen molar-refractivity contribution in [2.24, 2.45) is 0 Å². The molecule has 112 valence electrons. The molecule has 0 saturated carbocycles. The van der Waals surface area contributed by atoms with Gasteiger partial charge in [0.2, 0.25) is 11.8 Å². The van der Waals surface area contributed by atoms with Crippen LogP contribution in [0.25, 0.3) is 0 Å². The number of hydrogen-bond acceptors (Lipinski definition) is 8. The Hall–Kier alpha value is -2.29. The number of hydrogen-bond donors (Lipinski definition) is 2. The lowest BCUT2D eigenvalue weighted by atomic mass is 10.1. The summed E-state index contributed by atoms with van der Waals surface area (Å²) in [5.41, 5.74) is -0.402. The van der Waals surface area contributed by atoms with E-state index in [1.807, 2.05) is 19.2 Å². The van der Waals surface area contributed by atoms with Gasteiger partial charge in [0.1, 0.15) is 10.7 Å². The van der Waals surface area contributed by atoms with Crippen LogP contribution >= 0.6 is 11.3 Å². The summed E-state index contributed by atoms with van der Waals surface area (Å²) in [7, 11) is 1.66. The SMILES string of the molecule is CNc1nc(C)c([N+](=O)[O-])c(NC(C)(C)c2nccs2)n1. The van der Waals surface area contributed by atoms with Crippen molar-refractivity contribution in [3.63, 3.8) is 0 Å². The molecule has 2 aromatic heterocycles. The van der Waals surface area contributed by atoms with Gasteiger partial charge in [0.15, 0.2) is 0 Å². The van der Waals surface area contributed by atoms with Gasteiger partial charge in [-0.3, -0.25) is 10.1 Å². The highest BCUT2D eigenvalue weighted by Crippen LogP contribution is 2.32. The van der Waals surface area contributed by atoms with Crippen molar-refractivity contribution in [1.29, 1.82) is 0 Å². The topological polar surface area (TPSA) is 106 Å². The molecule has 0 radical (unpaired) electrons. The summed E-state index contributed by atoms with van der Waals surface area (Å²) in [4.78, 5) is 23.3. The van der Waals surface area contributed by atoms with Gasteiger partial charge in [-0.05, 0) is 20.8 Å². The monoisotopic (exact) mass is 308 g/mol. The Morgan fingerprint density at radius 2 is 2.10 bits per heavy atom. The van der Waals surface area contributed by atoms with E-state index in [-0.39, 0.29) is 11.5 Å². The van der Waals surface area contributed by atoms with E-state index >= 15 is 0 Å². The van der Waals surface area contributed by atoms with E-state index in [0.29, 0.717) is 11.6 Å². The number of anilines is 2. The van der Waals surface area contributed by atoms with Crippen LogP contribution < -0.4 is 10.6 Å². The molecule has 0 aliphatic rings. The second-order valence-corrected chi connectivity index (χ2v) is 5.82. The van der Waals surface area contributed by atoms with Gasteiger partial charge >= 0.3 is 5.69 Å². The highest BCUT2D eigenvalue weighted by Gasteiger charge is 2.29. The Labute approximate surface area is 125 Å². The second kappa shape index (κ2) is 5.60. The van der Waals surface area contributed by atoms with Gasteiger partial charge in [0, 0.05) is 18.6 Å². The van der Waals surface area contributed by atoms with Crippen LogP contribution in [0.15, 0.2) is 11.6 Å². The highest BCUT2D eigenvalue weighted by molar-refractivity contribution is 7.09. The fourth-order valence-corrected chi connectivity index (χ4v) is 2.58. The molecule has 2 rings (SSSR count). The average Bonchev–Trinajstić information content (AvgIpc) is 2.91. The number of aromatic nitrogens is 3. The zero-order valence-corrected chi connectivity index (χ0v) is 13.0. The zero-order chi connectivity index (χ0) is 15.6. The minimum Gasteiger partial charge on any atom is -0.357 e. The number of nitrogens with one attached hydrogen (secondary N) is 2. The van der Waals surface area contributed by atoms with Gasteiger partial charge in [-0.2, -0.15) is 4.98 Å². The van der Waals surface area contributed by atoms with Crippen LogP contribution in [0.4, 0.5) is 17.5 Å². The van der Waals surface area contributed by atoms with Crippen LogP contribution in [0, 0.1) is 17.0 Å². The molecule has 2 aromatic rings. The van der Waals surface area contributed by atoms with E-state index in [4.69, 9.17) is 0 Å². The fraction of sp³-hybridized carbons (Fsp3) is 0.417. The number of rotatable bonds is 5. The van der Waals surface area contributed by atoms with Crippen LogP contribution in [-0.2, 0) is 5.54 Å². The summed E-state index contributed by atoms with van der Waals surface area (Å²) in [5, 5.41) is 19.8. The Kier molecular flexibility index (Phi) is 4.03. The van der Waals surface area contributed by atoms with Gasteiger partial charge in [0.05, 0.1) is 10.5 Å². The first-order valence-corrected chi connectivity index (χ1v) is 7.12. The van der Waals surface area contributed by atoms with Crippen LogP contribution in [0.1, 0.15) is 24.5 Å². The smallest absolute Gasteiger partial charge is 0.332 e. The Morgan fingerprint density at radius 1 is 1.38 bits per heavy atom. The number of thiazole rings is 1. The maximum Gasteiger partial charge on any atom is 0.332 e. The van der Waals surface area contributed by atoms with Crippen LogP contribution in [0.2, 0.25) is 0 Å². The minimum atomic E-state index is -0.579. The second-order valence-electron chi connectivity index (χ2n) is 4.92. The summed E-state index contributed by atoms with van der Waals surface area (Å²) in [6.45, 7) is 5.38. The van der Waals surface area contributed by atoms with Crippen molar-refractivity contribution in [3.8, 4) is 0 Å². The molecule has 2 heterocycles. The van der Waals surface area contributed by atoms with Gasteiger partial charge in [-0.15, -0.1) is 11.3 Å². The molecule has 0 aliphatic carbocycles. The Balaban J connectivity index is 2.47. The molecule has 0 aliphatic heterocycles. The summed E-state index contributed by atoms with van der Waals surface area (Å²) < 4.78 is 0. The maximum absolute atomic E-state index is 11.3. The van der Waals surface area contributed by atoms with Gasteiger partial charge in [-0.25, -0.2) is 9.97 Å². The molecule has 0 fully saturated rings. The van der Waals surface area contributed by atoms with Crippen molar-refractivity contribution in [1.82, 2.24) is 15.0 Å². The predicted molar refractivity (Wildman–Crippen MR) is 81.7 cm³/mol. The molecule has 21 heavy (non-hydrogen) atoms. The molecule has 0 atom stereocenters. The Bertz CT molecular complexity index is 656. The number of nitrogens with zero attached hydrogens (tertiary/aromatic N) is 4. The lowest BCUT2D eigenvalue weighted by molar-refractivity contribution is -0.385. The normalized spacial score (nSPS) is 11.2. The van der Waals surface area contributed by atoms with E-state index in [1.165, 1.54) is 11.3 Å². The van der Waals surface area contributed by atoms with Crippen LogP contribution in [0.5, 0.6) is 0 Å². The van der Waals surface area contributed by atoms with Gasteiger partial charge in [-0.1, -0.05) is 0 Å². The molecule has 2 N–H and O–H groups in total. The molecule has 0 spiro atoms. The van der Waals surface area contributed by atoms with E-state index < -0.39 is 10.5 Å². The third-order valence-corrected chi connectivity index (χ3v) is 3.96. The molecule has 0 bridgehead atoms. The summed E-state index contributed by atoms with van der Waals surface area (Å²) >= 11 is 1.48. The van der Waals surface area contributed by atoms with E-state index in [0.717, 1.165) is 5.01 Å². The predicted octanol–water partition coefficient (Wildman–Crippen LogP) is 2.54. The molecular formula is C12H16N6O2S. The summed E-state index contributed by atoms with van der Waals surface area (Å²) in [6.07, 6.45) is 1.70. The van der Waals surface area contributed by atoms with Gasteiger partial charge in [0.25, 0.3) is 0 Å². The largest absolute Gasteiger partial charge is 0.357 e. The number of nitro groups is 1. The molecule has 0 saturated heterocycles. The summed E-state index contributed by atoms with van der Waals surface area (Å²) in [5.74, 6) is 0.507. The maximum atomic E-state index is 11.3. The fourth-order valence-electron chi connectivity index (χ4n) is 1.87. The molecule has 9 heteroatoms. The molecule has 8 nitrogen and oxygen atoms in total. The first kappa shape index (κ1) is 15.1. The van der Waals surface area contributed by atoms with Crippen molar-refractivity contribution >= 4 is 28.8 Å². The van der Waals surface area contributed by atoms with Gasteiger partial charge < -0.3 is 10.6 Å². The molecule has 0 amide bonds. The minimum absolute atomic E-state index is 0.126. The van der Waals surface area contributed by atoms with Crippen molar-refractivity contribution < 1.29 is 4.92 Å².